The Hall–Kier alpha value is -3.87. The fourth-order valence-electron chi connectivity index (χ4n) is 3.61. The van der Waals surface area contributed by atoms with E-state index in [2.05, 4.69) is 26.1 Å². The normalized spacial score (nSPS) is 14.3. The van der Waals surface area contributed by atoms with Crippen LogP contribution in [-0.4, -0.2) is 11.8 Å². The summed E-state index contributed by atoms with van der Waals surface area (Å²) < 4.78 is 41.3. The Morgan fingerprint density at radius 1 is 0.758 bits per heavy atom. The highest BCUT2D eigenvalue weighted by molar-refractivity contribution is 6.46. The molecule has 0 aromatic heterocycles. The largest absolute Gasteiger partial charge is 0.350 e. The summed E-state index contributed by atoms with van der Waals surface area (Å²) in [5.41, 5.74) is 1.33. The summed E-state index contributed by atoms with van der Waals surface area (Å²) in [6, 6.07) is 15.0. The Morgan fingerprint density at radius 3 is 1.94 bits per heavy atom. The number of imide groups is 1. The van der Waals surface area contributed by atoms with Gasteiger partial charge in [0.1, 0.15) is 23.1 Å². The van der Waals surface area contributed by atoms with E-state index in [9.17, 15) is 22.8 Å². The maximum atomic E-state index is 14.5. The third-order valence-electron chi connectivity index (χ3n) is 5.39. The number of carbonyl (C=O) groups is 2. The predicted octanol–water partition coefficient (Wildman–Crippen LogP) is 5.80. The summed E-state index contributed by atoms with van der Waals surface area (Å²) in [6.45, 7) is 6.21. The lowest BCUT2D eigenvalue weighted by Gasteiger charge is -2.19. The fourth-order valence-corrected chi connectivity index (χ4v) is 3.61. The number of halogens is 3. The zero-order valence-corrected chi connectivity index (χ0v) is 18.2. The first-order valence-electron chi connectivity index (χ1n) is 10.3. The van der Waals surface area contributed by atoms with Crippen LogP contribution in [0.5, 0.6) is 0 Å². The highest BCUT2D eigenvalue weighted by Crippen LogP contribution is 2.35. The van der Waals surface area contributed by atoms with Gasteiger partial charge in [0.05, 0.1) is 11.3 Å². The molecule has 0 atom stereocenters. The second-order valence-corrected chi connectivity index (χ2v) is 8.75. The van der Waals surface area contributed by atoms with E-state index in [0.29, 0.717) is 16.7 Å². The zero-order chi connectivity index (χ0) is 23.9. The van der Waals surface area contributed by atoms with Crippen LogP contribution in [0.3, 0.4) is 0 Å². The first kappa shape index (κ1) is 22.3. The highest BCUT2D eigenvalue weighted by atomic mass is 19.1. The van der Waals surface area contributed by atoms with Crippen molar-refractivity contribution in [2.75, 3.05) is 10.2 Å². The lowest BCUT2D eigenvalue weighted by Crippen LogP contribution is -2.33. The van der Waals surface area contributed by atoms with Crippen molar-refractivity contribution in [3.63, 3.8) is 0 Å². The molecule has 0 spiro atoms. The Morgan fingerprint density at radius 2 is 1.36 bits per heavy atom. The van der Waals surface area contributed by atoms with Crippen LogP contribution in [0, 0.1) is 17.5 Å². The molecule has 33 heavy (non-hydrogen) atoms. The highest BCUT2D eigenvalue weighted by Gasteiger charge is 2.41. The van der Waals surface area contributed by atoms with Gasteiger partial charge in [0.2, 0.25) is 0 Å². The summed E-state index contributed by atoms with van der Waals surface area (Å²) in [4.78, 5) is 27.2. The molecule has 3 aromatic carbocycles. The number of carbonyl (C=O) groups excluding carboxylic acids is 2. The minimum Gasteiger partial charge on any atom is -0.350 e. The summed E-state index contributed by atoms with van der Waals surface area (Å²) >= 11 is 0. The molecule has 3 aromatic rings. The lowest BCUT2D eigenvalue weighted by molar-refractivity contribution is -0.120. The Balaban J connectivity index is 1.79. The molecule has 0 fully saturated rings. The van der Waals surface area contributed by atoms with E-state index in [1.54, 1.807) is 12.1 Å². The first-order valence-corrected chi connectivity index (χ1v) is 10.3. The third kappa shape index (κ3) is 4.26. The molecule has 0 saturated carbocycles. The van der Waals surface area contributed by atoms with Crippen molar-refractivity contribution in [3.05, 3.63) is 101 Å². The summed E-state index contributed by atoms with van der Waals surface area (Å²) in [6.07, 6.45) is 0. The van der Waals surface area contributed by atoms with Crippen molar-refractivity contribution in [2.45, 2.75) is 26.2 Å². The molecule has 0 unspecified atom stereocenters. The van der Waals surface area contributed by atoms with Crippen LogP contribution in [0.1, 0.15) is 31.9 Å². The number of rotatable bonds is 4. The van der Waals surface area contributed by atoms with Gasteiger partial charge in [-0.3, -0.25) is 9.59 Å². The van der Waals surface area contributed by atoms with Crippen molar-refractivity contribution in [3.8, 4) is 0 Å². The Bertz CT molecular complexity index is 1270. The number of hydrogen-bond acceptors (Lipinski definition) is 3. The van der Waals surface area contributed by atoms with Crippen LogP contribution in [0.4, 0.5) is 24.5 Å². The molecule has 1 N–H and O–H groups in total. The van der Waals surface area contributed by atoms with Gasteiger partial charge in [-0.25, -0.2) is 18.1 Å². The minimum absolute atomic E-state index is 0.0383. The molecule has 168 valence electrons. The van der Waals surface area contributed by atoms with Crippen LogP contribution in [0.2, 0.25) is 0 Å². The van der Waals surface area contributed by atoms with E-state index in [4.69, 9.17) is 0 Å². The van der Waals surface area contributed by atoms with Gasteiger partial charge in [-0.15, -0.1) is 0 Å². The van der Waals surface area contributed by atoms with Gasteiger partial charge in [-0.1, -0.05) is 45.0 Å². The van der Waals surface area contributed by atoms with Crippen LogP contribution >= 0.6 is 0 Å². The van der Waals surface area contributed by atoms with Gasteiger partial charge in [-0.2, -0.15) is 0 Å². The fraction of sp³-hybridized carbons (Fsp3) is 0.154. The summed E-state index contributed by atoms with van der Waals surface area (Å²) in [5.74, 6) is -3.99. The van der Waals surface area contributed by atoms with E-state index in [0.717, 1.165) is 29.8 Å². The van der Waals surface area contributed by atoms with Crippen molar-refractivity contribution in [2.24, 2.45) is 0 Å². The molecule has 2 amide bonds. The number of anilines is 2. The average molecular weight is 450 g/mol. The quantitative estimate of drug-likeness (QED) is 0.512. The molecule has 0 bridgehead atoms. The minimum atomic E-state index is -1.05. The van der Waals surface area contributed by atoms with E-state index in [1.807, 2.05) is 12.1 Å². The molecule has 0 radical (unpaired) electrons. The van der Waals surface area contributed by atoms with Crippen LogP contribution < -0.4 is 10.2 Å². The number of hydrogen-bond donors (Lipinski definition) is 1. The number of nitrogens with one attached hydrogen (secondary N) is 1. The molecule has 1 heterocycles. The van der Waals surface area contributed by atoms with Gasteiger partial charge in [0.15, 0.2) is 0 Å². The molecule has 7 heteroatoms. The van der Waals surface area contributed by atoms with Crippen molar-refractivity contribution < 1.29 is 22.8 Å². The lowest BCUT2D eigenvalue weighted by atomic mass is 9.87. The van der Waals surface area contributed by atoms with Crippen molar-refractivity contribution >= 4 is 28.8 Å². The van der Waals surface area contributed by atoms with Crippen LogP contribution in [0.15, 0.2) is 72.4 Å². The van der Waals surface area contributed by atoms with Crippen LogP contribution in [0.25, 0.3) is 5.57 Å². The maximum Gasteiger partial charge on any atom is 0.282 e. The monoisotopic (exact) mass is 450 g/mol. The third-order valence-corrected chi connectivity index (χ3v) is 5.39. The number of benzene rings is 3. The van der Waals surface area contributed by atoms with Crippen LogP contribution in [-0.2, 0) is 15.0 Å². The van der Waals surface area contributed by atoms with E-state index in [1.165, 1.54) is 12.1 Å². The van der Waals surface area contributed by atoms with Gasteiger partial charge < -0.3 is 5.32 Å². The zero-order valence-electron chi connectivity index (χ0n) is 18.2. The van der Waals surface area contributed by atoms with E-state index < -0.39 is 29.3 Å². The molecular weight excluding hydrogens is 429 g/mol. The molecule has 0 saturated heterocycles. The molecule has 0 aliphatic carbocycles. The Kier molecular flexibility index (Phi) is 5.57. The predicted molar refractivity (Wildman–Crippen MR) is 121 cm³/mol. The topological polar surface area (TPSA) is 49.4 Å². The first-order chi connectivity index (χ1) is 15.6. The SMILES string of the molecule is CC(C)(C)c1ccc(NC2=C(c3ccc(F)cc3)C(=O)N(c3ccc(F)cc3F)C2=O)cc1. The standard InChI is InChI=1S/C26H21F3N2O2/c1-26(2,3)16-6-11-19(12-7-16)30-23-22(15-4-8-17(27)9-5-15)24(32)31(25(23)33)21-13-10-18(28)14-20(21)29/h4-14,30H,1-3H3. The van der Waals surface area contributed by atoms with Gasteiger partial charge in [0.25, 0.3) is 11.8 Å². The molecule has 4 rings (SSSR count). The summed E-state index contributed by atoms with van der Waals surface area (Å²) in [5, 5.41) is 2.97. The average Bonchev–Trinajstić information content (AvgIpc) is 2.98. The second kappa shape index (κ2) is 8.24. The second-order valence-electron chi connectivity index (χ2n) is 8.75. The van der Waals surface area contributed by atoms with Crippen molar-refractivity contribution in [1.82, 2.24) is 0 Å². The molecule has 4 nitrogen and oxygen atoms in total. The van der Waals surface area contributed by atoms with Crippen molar-refractivity contribution in [1.29, 1.82) is 0 Å². The molecular formula is C26H21F3N2O2. The molecule has 1 aliphatic heterocycles. The van der Waals surface area contributed by atoms with E-state index >= 15 is 0 Å². The summed E-state index contributed by atoms with van der Waals surface area (Å²) in [7, 11) is 0. The maximum absolute atomic E-state index is 14.5. The Labute approximate surface area is 189 Å². The van der Waals surface area contributed by atoms with Gasteiger partial charge in [0, 0.05) is 11.8 Å². The molecule has 1 aliphatic rings. The number of nitrogens with zero attached hydrogens (tertiary/aromatic N) is 1. The van der Waals surface area contributed by atoms with Gasteiger partial charge >= 0.3 is 0 Å². The smallest absolute Gasteiger partial charge is 0.282 e. The van der Waals surface area contributed by atoms with E-state index in [-0.39, 0.29) is 27.9 Å². The number of amides is 2. The van der Waals surface area contributed by atoms with Gasteiger partial charge in [-0.05, 0) is 52.9 Å².